The SMILES string of the molecule is O=C(CF)c1cccc(O)c1C(=O)O. The lowest BCUT2D eigenvalue weighted by Gasteiger charge is -2.04. The van der Waals surface area contributed by atoms with Crippen LogP contribution in [-0.2, 0) is 0 Å². The molecular formula is C9H7FO4. The van der Waals surface area contributed by atoms with Crippen LogP contribution in [0.25, 0.3) is 0 Å². The largest absolute Gasteiger partial charge is 0.507 e. The Hall–Kier alpha value is -1.91. The number of aromatic carboxylic acids is 1. The molecule has 1 aromatic rings. The Balaban J connectivity index is 3.35. The number of hydrogen-bond donors (Lipinski definition) is 2. The summed E-state index contributed by atoms with van der Waals surface area (Å²) in [5.74, 6) is -2.96. The summed E-state index contributed by atoms with van der Waals surface area (Å²) in [6, 6.07) is 3.56. The molecule has 0 saturated heterocycles. The smallest absolute Gasteiger partial charge is 0.340 e. The van der Waals surface area contributed by atoms with Crippen molar-refractivity contribution in [3.05, 3.63) is 29.3 Å². The van der Waals surface area contributed by atoms with Gasteiger partial charge in [-0.3, -0.25) is 4.79 Å². The minimum absolute atomic E-state index is 0.319. The molecule has 1 rings (SSSR count). The number of phenols is 1. The minimum atomic E-state index is -1.46. The van der Waals surface area contributed by atoms with Gasteiger partial charge in [0.2, 0.25) is 0 Å². The summed E-state index contributed by atoms with van der Waals surface area (Å²) in [5.41, 5.74) is -0.879. The third-order valence-corrected chi connectivity index (χ3v) is 1.68. The van der Waals surface area contributed by atoms with Crippen LogP contribution in [0.2, 0.25) is 0 Å². The Bertz CT molecular complexity index is 386. The van der Waals surface area contributed by atoms with E-state index in [0.29, 0.717) is 0 Å². The van der Waals surface area contributed by atoms with Gasteiger partial charge in [-0.05, 0) is 6.07 Å². The molecule has 0 fully saturated rings. The molecular weight excluding hydrogens is 191 g/mol. The van der Waals surface area contributed by atoms with E-state index in [1.165, 1.54) is 6.07 Å². The number of carboxylic acids is 1. The van der Waals surface area contributed by atoms with Gasteiger partial charge in [-0.15, -0.1) is 0 Å². The maximum absolute atomic E-state index is 12.0. The van der Waals surface area contributed by atoms with Crippen molar-refractivity contribution in [3.8, 4) is 5.75 Å². The van der Waals surface area contributed by atoms with Crippen LogP contribution < -0.4 is 0 Å². The molecule has 4 nitrogen and oxygen atoms in total. The quantitative estimate of drug-likeness (QED) is 0.716. The number of halogens is 1. The van der Waals surface area contributed by atoms with Crippen LogP contribution in [0.1, 0.15) is 20.7 Å². The number of carbonyl (C=O) groups is 2. The molecule has 0 heterocycles. The van der Waals surface area contributed by atoms with Crippen molar-refractivity contribution in [1.29, 1.82) is 0 Å². The first-order valence-electron chi connectivity index (χ1n) is 3.72. The molecule has 0 unspecified atom stereocenters. The van der Waals surface area contributed by atoms with Crippen molar-refractivity contribution < 1.29 is 24.2 Å². The highest BCUT2D eigenvalue weighted by atomic mass is 19.1. The molecule has 1 aromatic carbocycles. The monoisotopic (exact) mass is 198 g/mol. The van der Waals surface area contributed by atoms with E-state index in [-0.39, 0.29) is 5.56 Å². The molecule has 0 bridgehead atoms. The van der Waals surface area contributed by atoms with Crippen LogP contribution in [0.15, 0.2) is 18.2 Å². The maximum atomic E-state index is 12.0. The number of ketones is 1. The second-order valence-electron chi connectivity index (χ2n) is 2.56. The van der Waals surface area contributed by atoms with Crippen LogP contribution in [0, 0.1) is 0 Å². The molecule has 0 aliphatic rings. The van der Waals surface area contributed by atoms with E-state index in [2.05, 4.69) is 0 Å². The fraction of sp³-hybridized carbons (Fsp3) is 0.111. The Labute approximate surface area is 78.6 Å². The summed E-state index contributed by atoms with van der Waals surface area (Å²) in [4.78, 5) is 21.6. The predicted molar refractivity (Wildman–Crippen MR) is 45.4 cm³/mol. The molecule has 0 spiro atoms. The van der Waals surface area contributed by atoms with Gasteiger partial charge in [0.25, 0.3) is 0 Å². The zero-order valence-electron chi connectivity index (χ0n) is 7.03. The molecule has 14 heavy (non-hydrogen) atoms. The van der Waals surface area contributed by atoms with E-state index in [1.54, 1.807) is 0 Å². The second kappa shape index (κ2) is 3.87. The first-order chi connectivity index (χ1) is 6.57. The Morgan fingerprint density at radius 2 is 2.00 bits per heavy atom. The normalized spacial score (nSPS) is 9.79. The van der Waals surface area contributed by atoms with E-state index in [9.17, 15) is 14.0 Å². The van der Waals surface area contributed by atoms with Gasteiger partial charge in [0.05, 0.1) is 0 Å². The number of rotatable bonds is 3. The summed E-state index contributed by atoms with van der Waals surface area (Å²) in [6.45, 7) is -1.29. The van der Waals surface area contributed by atoms with Crippen molar-refractivity contribution in [3.63, 3.8) is 0 Å². The molecule has 5 heteroatoms. The fourth-order valence-electron chi connectivity index (χ4n) is 1.07. The summed E-state index contributed by atoms with van der Waals surface area (Å²) in [5, 5.41) is 17.8. The van der Waals surface area contributed by atoms with Crippen LogP contribution in [0.4, 0.5) is 4.39 Å². The van der Waals surface area contributed by atoms with Gasteiger partial charge in [-0.1, -0.05) is 12.1 Å². The van der Waals surface area contributed by atoms with Crippen molar-refractivity contribution in [2.24, 2.45) is 0 Å². The first kappa shape index (κ1) is 10.2. The van der Waals surface area contributed by atoms with Crippen molar-refractivity contribution in [2.45, 2.75) is 0 Å². The third kappa shape index (κ3) is 1.71. The Kier molecular flexibility index (Phi) is 2.81. The summed E-state index contributed by atoms with van der Waals surface area (Å²) < 4.78 is 12.0. The van der Waals surface area contributed by atoms with Crippen LogP contribution in [0.3, 0.4) is 0 Å². The van der Waals surface area contributed by atoms with E-state index >= 15 is 0 Å². The standard InChI is InChI=1S/C9H7FO4/c10-4-7(12)5-2-1-3-6(11)8(5)9(13)14/h1-3,11H,4H2,(H,13,14). The van der Waals surface area contributed by atoms with Gasteiger partial charge < -0.3 is 10.2 Å². The van der Waals surface area contributed by atoms with Crippen LogP contribution >= 0.6 is 0 Å². The number of hydrogen-bond acceptors (Lipinski definition) is 3. The maximum Gasteiger partial charge on any atom is 0.340 e. The second-order valence-corrected chi connectivity index (χ2v) is 2.56. The van der Waals surface area contributed by atoms with Crippen LogP contribution in [0.5, 0.6) is 5.75 Å². The van der Waals surface area contributed by atoms with Gasteiger partial charge in [0.1, 0.15) is 11.3 Å². The lowest BCUT2D eigenvalue weighted by atomic mass is 10.0. The zero-order valence-corrected chi connectivity index (χ0v) is 7.03. The number of aromatic hydroxyl groups is 1. The van der Waals surface area contributed by atoms with E-state index < -0.39 is 29.7 Å². The van der Waals surface area contributed by atoms with Crippen molar-refractivity contribution in [2.75, 3.05) is 6.67 Å². The lowest BCUT2D eigenvalue weighted by Crippen LogP contribution is -2.10. The fourth-order valence-corrected chi connectivity index (χ4v) is 1.07. The first-order valence-corrected chi connectivity index (χ1v) is 3.72. The van der Waals surface area contributed by atoms with Crippen molar-refractivity contribution >= 4 is 11.8 Å². The Morgan fingerprint density at radius 1 is 1.36 bits per heavy atom. The third-order valence-electron chi connectivity index (χ3n) is 1.68. The molecule has 0 aromatic heterocycles. The molecule has 0 aliphatic heterocycles. The van der Waals surface area contributed by atoms with E-state index in [4.69, 9.17) is 10.2 Å². The van der Waals surface area contributed by atoms with Gasteiger partial charge in [-0.2, -0.15) is 0 Å². The molecule has 0 radical (unpaired) electrons. The van der Waals surface area contributed by atoms with Gasteiger partial charge in [0.15, 0.2) is 12.5 Å². The molecule has 0 saturated carbocycles. The summed E-state index contributed by atoms with van der Waals surface area (Å²) in [6.07, 6.45) is 0. The summed E-state index contributed by atoms with van der Waals surface area (Å²) in [7, 11) is 0. The number of benzene rings is 1. The number of carboxylic acid groups (broad SMARTS) is 1. The van der Waals surface area contributed by atoms with E-state index in [1.807, 2.05) is 0 Å². The highest BCUT2D eigenvalue weighted by Gasteiger charge is 2.19. The van der Waals surface area contributed by atoms with E-state index in [0.717, 1.165) is 12.1 Å². The van der Waals surface area contributed by atoms with Crippen LogP contribution in [-0.4, -0.2) is 28.6 Å². The number of Topliss-reactive ketones (excluding diaryl/α,β-unsaturated/α-hetero) is 1. The van der Waals surface area contributed by atoms with Gasteiger partial charge in [-0.25, -0.2) is 9.18 Å². The molecule has 2 N–H and O–H groups in total. The lowest BCUT2D eigenvalue weighted by molar-refractivity contribution is 0.0688. The van der Waals surface area contributed by atoms with Crippen molar-refractivity contribution in [1.82, 2.24) is 0 Å². The number of alkyl halides is 1. The zero-order chi connectivity index (χ0) is 10.7. The number of carbonyl (C=O) groups excluding carboxylic acids is 1. The topological polar surface area (TPSA) is 74.6 Å². The summed E-state index contributed by atoms with van der Waals surface area (Å²) >= 11 is 0. The Morgan fingerprint density at radius 3 is 2.50 bits per heavy atom. The average Bonchev–Trinajstić information content (AvgIpc) is 2.15. The minimum Gasteiger partial charge on any atom is -0.507 e. The van der Waals surface area contributed by atoms with Gasteiger partial charge in [0, 0.05) is 5.56 Å². The highest BCUT2D eigenvalue weighted by Crippen LogP contribution is 2.21. The highest BCUT2D eigenvalue weighted by molar-refractivity contribution is 6.07. The van der Waals surface area contributed by atoms with Gasteiger partial charge >= 0.3 is 5.97 Å². The molecule has 0 atom stereocenters. The molecule has 0 aliphatic carbocycles. The molecule has 74 valence electrons. The average molecular weight is 198 g/mol. The predicted octanol–water partition coefficient (Wildman–Crippen LogP) is 1.24. The molecule has 0 amide bonds.